The largest absolute Gasteiger partial charge is 0.288 e. The Labute approximate surface area is 111 Å². The SMILES string of the molecule is CCCn1nnc(NC(=O)/C=C/c2ccccc2)n1. The molecule has 1 aromatic heterocycles. The van der Waals surface area contributed by atoms with Gasteiger partial charge < -0.3 is 0 Å². The number of nitrogens with zero attached hydrogens (tertiary/aromatic N) is 4. The van der Waals surface area contributed by atoms with E-state index >= 15 is 0 Å². The van der Waals surface area contributed by atoms with Gasteiger partial charge in [0.25, 0.3) is 11.9 Å². The smallest absolute Gasteiger partial charge is 0.270 e. The summed E-state index contributed by atoms with van der Waals surface area (Å²) in [6, 6.07) is 9.58. The van der Waals surface area contributed by atoms with Gasteiger partial charge in [0, 0.05) is 6.08 Å². The number of rotatable bonds is 5. The number of carbonyl (C=O) groups excluding carboxylic acids is 1. The summed E-state index contributed by atoms with van der Waals surface area (Å²) in [6.07, 6.45) is 4.08. The average molecular weight is 257 g/mol. The van der Waals surface area contributed by atoms with Gasteiger partial charge in [-0.05, 0) is 23.3 Å². The van der Waals surface area contributed by atoms with Crippen molar-refractivity contribution in [2.75, 3.05) is 5.32 Å². The quantitative estimate of drug-likeness (QED) is 0.828. The van der Waals surface area contributed by atoms with Crippen molar-refractivity contribution < 1.29 is 4.79 Å². The number of tetrazole rings is 1. The van der Waals surface area contributed by atoms with Crippen molar-refractivity contribution in [3.05, 3.63) is 42.0 Å². The number of amides is 1. The van der Waals surface area contributed by atoms with E-state index in [1.807, 2.05) is 37.3 Å². The number of nitrogens with one attached hydrogen (secondary N) is 1. The van der Waals surface area contributed by atoms with E-state index in [0.717, 1.165) is 12.0 Å². The van der Waals surface area contributed by atoms with E-state index in [9.17, 15) is 4.79 Å². The molecule has 98 valence electrons. The molecule has 0 saturated carbocycles. The summed E-state index contributed by atoms with van der Waals surface area (Å²) in [5.41, 5.74) is 0.959. The topological polar surface area (TPSA) is 72.7 Å². The van der Waals surface area contributed by atoms with Crippen LogP contribution in [-0.4, -0.2) is 26.1 Å². The lowest BCUT2D eigenvalue weighted by Crippen LogP contribution is -2.09. The van der Waals surface area contributed by atoms with Gasteiger partial charge in [-0.3, -0.25) is 10.1 Å². The Morgan fingerprint density at radius 2 is 2.16 bits per heavy atom. The Morgan fingerprint density at radius 3 is 2.89 bits per heavy atom. The van der Waals surface area contributed by atoms with Crippen LogP contribution < -0.4 is 5.32 Å². The van der Waals surface area contributed by atoms with Crippen LogP contribution in [0.3, 0.4) is 0 Å². The van der Waals surface area contributed by atoms with Gasteiger partial charge in [0.15, 0.2) is 0 Å². The molecule has 0 atom stereocenters. The van der Waals surface area contributed by atoms with Crippen LogP contribution in [-0.2, 0) is 11.3 Å². The second-order valence-electron chi connectivity index (χ2n) is 3.94. The fourth-order valence-corrected chi connectivity index (χ4v) is 1.48. The van der Waals surface area contributed by atoms with E-state index in [0.29, 0.717) is 6.54 Å². The average Bonchev–Trinajstić information content (AvgIpc) is 2.85. The lowest BCUT2D eigenvalue weighted by atomic mass is 10.2. The molecule has 19 heavy (non-hydrogen) atoms. The van der Waals surface area contributed by atoms with Gasteiger partial charge in [-0.1, -0.05) is 42.4 Å². The van der Waals surface area contributed by atoms with Gasteiger partial charge in [-0.15, -0.1) is 5.10 Å². The highest BCUT2D eigenvalue weighted by molar-refractivity contribution is 6.00. The van der Waals surface area contributed by atoms with Crippen molar-refractivity contribution in [3.63, 3.8) is 0 Å². The minimum Gasteiger partial charge on any atom is -0.288 e. The van der Waals surface area contributed by atoms with Crippen molar-refractivity contribution in [2.45, 2.75) is 19.9 Å². The zero-order valence-corrected chi connectivity index (χ0v) is 10.7. The molecule has 6 nitrogen and oxygen atoms in total. The van der Waals surface area contributed by atoms with E-state index < -0.39 is 0 Å². The van der Waals surface area contributed by atoms with E-state index in [4.69, 9.17) is 0 Å². The third kappa shape index (κ3) is 4.02. The van der Waals surface area contributed by atoms with Gasteiger partial charge in [-0.2, -0.15) is 4.80 Å². The summed E-state index contributed by atoms with van der Waals surface area (Å²) in [4.78, 5) is 13.1. The molecule has 2 aromatic rings. The summed E-state index contributed by atoms with van der Waals surface area (Å²) in [5, 5.41) is 14.1. The summed E-state index contributed by atoms with van der Waals surface area (Å²) < 4.78 is 0. The fraction of sp³-hybridized carbons (Fsp3) is 0.231. The maximum Gasteiger partial charge on any atom is 0.270 e. The molecule has 0 unspecified atom stereocenters. The molecule has 2 rings (SSSR count). The molecule has 0 bridgehead atoms. The Hall–Kier alpha value is -2.50. The first-order valence-electron chi connectivity index (χ1n) is 6.10. The number of hydrogen-bond acceptors (Lipinski definition) is 4. The predicted molar refractivity (Wildman–Crippen MR) is 72.2 cm³/mol. The van der Waals surface area contributed by atoms with Gasteiger partial charge in [0.05, 0.1) is 6.54 Å². The minimum absolute atomic E-state index is 0.219. The van der Waals surface area contributed by atoms with E-state index in [-0.39, 0.29) is 11.9 Å². The molecular weight excluding hydrogens is 242 g/mol. The molecule has 0 aliphatic heterocycles. The first-order chi connectivity index (χ1) is 9.28. The Kier molecular flexibility index (Phi) is 4.39. The first-order valence-corrected chi connectivity index (χ1v) is 6.10. The van der Waals surface area contributed by atoms with Crippen LogP contribution >= 0.6 is 0 Å². The van der Waals surface area contributed by atoms with Gasteiger partial charge in [-0.25, -0.2) is 0 Å². The van der Waals surface area contributed by atoms with Crippen LogP contribution in [0.15, 0.2) is 36.4 Å². The molecule has 1 heterocycles. The summed E-state index contributed by atoms with van der Waals surface area (Å²) in [7, 11) is 0. The van der Waals surface area contributed by atoms with Gasteiger partial charge >= 0.3 is 0 Å². The molecule has 1 amide bonds. The molecule has 0 spiro atoms. The van der Waals surface area contributed by atoms with Crippen LogP contribution in [0.25, 0.3) is 6.08 Å². The molecule has 0 radical (unpaired) electrons. The van der Waals surface area contributed by atoms with Crippen molar-refractivity contribution in [3.8, 4) is 0 Å². The minimum atomic E-state index is -0.278. The fourth-order valence-electron chi connectivity index (χ4n) is 1.48. The third-order valence-electron chi connectivity index (χ3n) is 2.34. The monoisotopic (exact) mass is 257 g/mol. The molecule has 0 aliphatic rings. The molecule has 0 saturated heterocycles. The highest BCUT2D eigenvalue weighted by atomic mass is 16.1. The lowest BCUT2D eigenvalue weighted by molar-refractivity contribution is -0.111. The standard InChI is InChI=1S/C13H15N5O/c1-2-10-18-16-13(15-17-18)14-12(19)9-8-11-6-4-3-5-7-11/h3-9H,2,10H2,1H3,(H,14,16,19)/b9-8+. The predicted octanol–water partition coefficient (Wildman–Crippen LogP) is 1.73. The number of aryl methyl sites for hydroxylation is 1. The number of carbonyl (C=O) groups is 1. The first kappa shape index (κ1) is 12.9. The highest BCUT2D eigenvalue weighted by Gasteiger charge is 2.04. The van der Waals surface area contributed by atoms with E-state index in [2.05, 4.69) is 20.7 Å². The molecule has 1 N–H and O–H groups in total. The molecule has 0 aliphatic carbocycles. The highest BCUT2D eigenvalue weighted by Crippen LogP contribution is 2.01. The van der Waals surface area contributed by atoms with Gasteiger partial charge in [0.2, 0.25) is 0 Å². The lowest BCUT2D eigenvalue weighted by Gasteiger charge is -1.95. The normalized spacial score (nSPS) is 10.8. The van der Waals surface area contributed by atoms with Crippen LogP contribution in [0.1, 0.15) is 18.9 Å². The Balaban J connectivity index is 1.92. The van der Waals surface area contributed by atoms with E-state index in [1.54, 1.807) is 6.08 Å². The number of aromatic nitrogens is 4. The molecule has 1 aromatic carbocycles. The summed E-state index contributed by atoms with van der Waals surface area (Å²) in [6.45, 7) is 2.70. The van der Waals surface area contributed by atoms with Crippen molar-refractivity contribution >= 4 is 17.9 Å². The van der Waals surface area contributed by atoms with Crippen molar-refractivity contribution in [1.29, 1.82) is 0 Å². The number of anilines is 1. The second kappa shape index (κ2) is 6.44. The Bertz CT molecular complexity index is 561. The van der Waals surface area contributed by atoms with Crippen LogP contribution in [0.5, 0.6) is 0 Å². The summed E-state index contributed by atoms with van der Waals surface area (Å²) >= 11 is 0. The number of benzene rings is 1. The maximum atomic E-state index is 11.6. The zero-order valence-electron chi connectivity index (χ0n) is 10.7. The second-order valence-corrected chi connectivity index (χ2v) is 3.94. The molecular formula is C13H15N5O. The maximum absolute atomic E-state index is 11.6. The Morgan fingerprint density at radius 1 is 1.37 bits per heavy atom. The summed E-state index contributed by atoms with van der Waals surface area (Å²) in [5.74, 6) is -0.0592. The van der Waals surface area contributed by atoms with Crippen molar-refractivity contribution in [1.82, 2.24) is 20.2 Å². The van der Waals surface area contributed by atoms with Gasteiger partial charge in [0.1, 0.15) is 0 Å². The number of hydrogen-bond donors (Lipinski definition) is 1. The molecule has 6 heteroatoms. The zero-order chi connectivity index (χ0) is 13.5. The van der Waals surface area contributed by atoms with Crippen LogP contribution in [0, 0.1) is 0 Å². The third-order valence-corrected chi connectivity index (χ3v) is 2.34. The van der Waals surface area contributed by atoms with Crippen molar-refractivity contribution in [2.24, 2.45) is 0 Å². The molecule has 0 fully saturated rings. The van der Waals surface area contributed by atoms with Crippen LogP contribution in [0.2, 0.25) is 0 Å². The van der Waals surface area contributed by atoms with E-state index in [1.165, 1.54) is 10.9 Å². The van der Waals surface area contributed by atoms with Crippen LogP contribution in [0.4, 0.5) is 5.95 Å².